The van der Waals surface area contributed by atoms with Crippen LogP contribution >= 0.6 is 22.3 Å². The Hall–Kier alpha value is -0.710. The van der Waals surface area contributed by atoms with Crippen LogP contribution in [0.2, 0.25) is 5.02 Å². The first-order valence-electron chi connectivity index (χ1n) is 4.05. The average Bonchev–Trinajstić information content (AvgIpc) is 2.16. The SMILES string of the molecule is O=S(=O)(Cl)C1=Cc2cccc(Cl)c2OC1. The zero-order valence-corrected chi connectivity index (χ0v) is 9.73. The van der Waals surface area contributed by atoms with Gasteiger partial charge in [-0.3, -0.25) is 0 Å². The summed E-state index contributed by atoms with van der Waals surface area (Å²) < 4.78 is 27.4. The highest BCUT2D eigenvalue weighted by molar-refractivity contribution is 8.17. The quantitative estimate of drug-likeness (QED) is 0.733. The lowest BCUT2D eigenvalue weighted by Gasteiger charge is -2.16. The Labute approximate surface area is 96.7 Å². The van der Waals surface area contributed by atoms with Crippen LogP contribution in [0.4, 0.5) is 0 Å². The first kappa shape index (κ1) is 10.8. The fourth-order valence-electron chi connectivity index (χ4n) is 1.29. The van der Waals surface area contributed by atoms with E-state index < -0.39 is 9.05 Å². The molecule has 0 amide bonds. The largest absolute Gasteiger partial charge is 0.486 e. The summed E-state index contributed by atoms with van der Waals surface area (Å²) in [5, 5.41) is 0.453. The third kappa shape index (κ3) is 2.12. The lowest BCUT2D eigenvalue weighted by atomic mass is 10.1. The van der Waals surface area contributed by atoms with E-state index in [0.717, 1.165) is 0 Å². The molecule has 0 saturated carbocycles. The standard InChI is InChI=1S/C9H6Cl2O3S/c10-8-3-1-2-6-4-7(15(11,12)13)5-14-9(6)8/h1-4H,5H2. The van der Waals surface area contributed by atoms with Gasteiger partial charge in [-0.25, -0.2) is 8.42 Å². The summed E-state index contributed by atoms with van der Waals surface area (Å²) in [5.41, 5.74) is 0.618. The molecule has 2 rings (SSSR count). The number of fused-ring (bicyclic) bond motifs is 1. The maximum Gasteiger partial charge on any atom is 0.260 e. The Bertz CT molecular complexity index is 534. The van der Waals surface area contributed by atoms with Gasteiger partial charge in [0.05, 0.1) is 9.93 Å². The van der Waals surface area contributed by atoms with Crippen LogP contribution in [-0.2, 0) is 9.05 Å². The molecule has 15 heavy (non-hydrogen) atoms. The van der Waals surface area contributed by atoms with Crippen molar-refractivity contribution in [2.75, 3.05) is 6.61 Å². The second kappa shape index (κ2) is 3.70. The average molecular weight is 265 g/mol. The molecule has 0 spiro atoms. The number of halogens is 2. The Balaban J connectivity index is 2.56. The van der Waals surface area contributed by atoms with Gasteiger partial charge in [0.1, 0.15) is 12.4 Å². The summed E-state index contributed by atoms with van der Waals surface area (Å²) in [6, 6.07) is 5.10. The molecule has 0 aromatic heterocycles. The highest BCUT2D eigenvalue weighted by Crippen LogP contribution is 2.35. The minimum atomic E-state index is -3.72. The molecule has 1 aromatic rings. The van der Waals surface area contributed by atoms with E-state index in [1.807, 2.05) is 0 Å². The van der Waals surface area contributed by atoms with Crippen molar-refractivity contribution >= 4 is 37.4 Å². The monoisotopic (exact) mass is 264 g/mol. The van der Waals surface area contributed by atoms with Gasteiger partial charge in [0, 0.05) is 16.2 Å². The number of ether oxygens (including phenoxy) is 1. The van der Waals surface area contributed by atoms with Crippen LogP contribution in [0.3, 0.4) is 0 Å². The van der Waals surface area contributed by atoms with Crippen molar-refractivity contribution in [3.8, 4) is 5.75 Å². The van der Waals surface area contributed by atoms with Crippen molar-refractivity contribution < 1.29 is 13.2 Å². The lowest BCUT2D eigenvalue weighted by Crippen LogP contribution is -2.11. The Morgan fingerprint density at radius 2 is 2.07 bits per heavy atom. The van der Waals surface area contributed by atoms with E-state index in [9.17, 15) is 8.42 Å². The van der Waals surface area contributed by atoms with E-state index in [1.54, 1.807) is 18.2 Å². The van der Waals surface area contributed by atoms with Crippen LogP contribution in [0.15, 0.2) is 23.1 Å². The fourth-order valence-corrected chi connectivity index (χ4v) is 2.26. The smallest absolute Gasteiger partial charge is 0.260 e. The molecular weight excluding hydrogens is 259 g/mol. The zero-order valence-electron chi connectivity index (χ0n) is 7.41. The fraction of sp³-hybridized carbons (Fsp3) is 0.111. The molecule has 0 saturated heterocycles. The molecule has 0 bridgehead atoms. The van der Waals surface area contributed by atoms with Crippen LogP contribution in [0.5, 0.6) is 5.75 Å². The lowest BCUT2D eigenvalue weighted by molar-refractivity contribution is 0.354. The van der Waals surface area contributed by atoms with Gasteiger partial charge in [-0.05, 0) is 12.1 Å². The highest BCUT2D eigenvalue weighted by Gasteiger charge is 2.21. The molecule has 1 aliphatic heterocycles. The predicted octanol–water partition coefficient (Wildman–Crippen LogP) is 2.64. The second-order valence-corrected chi connectivity index (χ2v) is 6.02. The van der Waals surface area contributed by atoms with Crippen LogP contribution in [0.25, 0.3) is 6.08 Å². The number of benzene rings is 1. The van der Waals surface area contributed by atoms with E-state index in [1.165, 1.54) is 6.08 Å². The number of rotatable bonds is 1. The molecule has 1 aliphatic rings. The Morgan fingerprint density at radius 3 is 2.73 bits per heavy atom. The first-order valence-corrected chi connectivity index (χ1v) is 6.74. The van der Waals surface area contributed by atoms with E-state index >= 15 is 0 Å². The molecule has 1 heterocycles. The minimum Gasteiger partial charge on any atom is -0.486 e. The van der Waals surface area contributed by atoms with Gasteiger partial charge >= 0.3 is 0 Å². The van der Waals surface area contributed by atoms with Crippen molar-refractivity contribution in [2.24, 2.45) is 0 Å². The van der Waals surface area contributed by atoms with Crippen molar-refractivity contribution in [3.05, 3.63) is 33.7 Å². The molecule has 80 valence electrons. The molecule has 6 heteroatoms. The van der Waals surface area contributed by atoms with Crippen molar-refractivity contribution in [1.29, 1.82) is 0 Å². The summed E-state index contributed by atoms with van der Waals surface area (Å²) in [4.78, 5) is 0.0407. The number of para-hydroxylation sites is 1. The summed E-state index contributed by atoms with van der Waals surface area (Å²) >= 11 is 5.87. The molecule has 1 aromatic carbocycles. The predicted molar refractivity (Wildman–Crippen MR) is 59.7 cm³/mol. The van der Waals surface area contributed by atoms with Gasteiger partial charge in [-0.1, -0.05) is 23.7 Å². The van der Waals surface area contributed by atoms with Crippen LogP contribution in [-0.4, -0.2) is 15.0 Å². The van der Waals surface area contributed by atoms with Gasteiger partial charge < -0.3 is 4.74 Å². The van der Waals surface area contributed by atoms with Crippen LogP contribution in [0.1, 0.15) is 5.56 Å². The summed E-state index contributed by atoms with van der Waals surface area (Å²) in [5.74, 6) is 0.489. The molecule has 0 N–H and O–H groups in total. The molecule has 0 aliphatic carbocycles. The van der Waals surface area contributed by atoms with E-state index in [-0.39, 0.29) is 11.5 Å². The summed E-state index contributed by atoms with van der Waals surface area (Å²) in [6.07, 6.45) is 1.47. The molecular formula is C9H6Cl2O3S. The molecule has 0 unspecified atom stereocenters. The highest BCUT2D eigenvalue weighted by atomic mass is 35.7. The minimum absolute atomic E-state index is 0.0407. The molecule has 0 atom stereocenters. The van der Waals surface area contributed by atoms with Crippen molar-refractivity contribution in [3.63, 3.8) is 0 Å². The van der Waals surface area contributed by atoms with Crippen molar-refractivity contribution in [2.45, 2.75) is 0 Å². The van der Waals surface area contributed by atoms with Crippen molar-refractivity contribution in [1.82, 2.24) is 0 Å². The van der Waals surface area contributed by atoms with E-state index in [2.05, 4.69) is 0 Å². The van der Waals surface area contributed by atoms with Crippen LogP contribution in [0, 0.1) is 0 Å². The zero-order chi connectivity index (χ0) is 11.1. The van der Waals surface area contributed by atoms with Crippen LogP contribution < -0.4 is 4.74 Å². The first-order chi connectivity index (χ1) is 6.98. The molecule has 0 radical (unpaired) electrons. The third-order valence-electron chi connectivity index (χ3n) is 1.99. The maximum absolute atomic E-state index is 11.1. The topological polar surface area (TPSA) is 43.4 Å². The van der Waals surface area contributed by atoms with Gasteiger partial charge in [0.25, 0.3) is 9.05 Å². The van der Waals surface area contributed by atoms with E-state index in [4.69, 9.17) is 27.0 Å². The van der Waals surface area contributed by atoms with Gasteiger partial charge in [-0.2, -0.15) is 0 Å². The summed E-state index contributed by atoms with van der Waals surface area (Å²) in [6.45, 7) is -0.0808. The number of hydrogen-bond acceptors (Lipinski definition) is 3. The second-order valence-electron chi connectivity index (χ2n) is 3.00. The van der Waals surface area contributed by atoms with Gasteiger partial charge in [-0.15, -0.1) is 0 Å². The summed E-state index contributed by atoms with van der Waals surface area (Å²) in [7, 11) is 1.49. The van der Waals surface area contributed by atoms with Gasteiger partial charge in [0.2, 0.25) is 0 Å². The third-order valence-corrected chi connectivity index (χ3v) is 3.74. The maximum atomic E-state index is 11.1. The Kier molecular flexibility index (Phi) is 2.66. The van der Waals surface area contributed by atoms with E-state index in [0.29, 0.717) is 16.3 Å². The number of hydrogen-bond donors (Lipinski definition) is 0. The Morgan fingerprint density at radius 1 is 1.33 bits per heavy atom. The molecule has 3 nitrogen and oxygen atoms in total. The molecule has 0 fully saturated rings. The van der Waals surface area contributed by atoms with Gasteiger partial charge in [0.15, 0.2) is 0 Å². The normalized spacial score (nSPS) is 15.2.